The van der Waals surface area contributed by atoms with Gasteiger partial charge in [0.1, 0.15) is 5.75 Å². The van der Waals surface area contributed by atoms with E-state index in [0.717, 1.165) is 24.1 Å². The van der Waals surface area contributed by atoms with Crippen molar-refractivity contribution in [2.45, 2.75) is 24.2 Å². The summed E-state index contributed by atoms with van der Waals surface area (Å²) in [6.45, 7) is 0.953. The first-order chi connectivity index (χ1) is 16.2. The van der Waals surface area contributed by atoms with Gasteiger partial charge in [-0.05, 0) is 60.9 Å². The van der Waals surface area contributed by atoms with Crippen LogP contribution in [0.15, 0.2) is 71.6 Å². The molecule has 0 saturated carbocycles. The standard InChI is InChI=1S/C24H25Cl2N3O4S/c25-20-7-5-8-21(26)24(20)29-22-9-2-1-6-17(22)16-23(30)28-14-3-4-15-33-18-10-12-19(13-11-18)34(27,31)32/h1-2,5-13,29H,3-4,14-16H2,(H,28,30)(H2,27,31,32). The van der Waals surface area contributed by atoms with Crippen LogP contribution in [0.3, 0.4) is 0 Å². The molecule has 0 bridgehead atoms. The third-order valence-corrected chi connectivity index (χ3v) is 6.46. The van der Waals surface area contributed by atoms with E-state index in [2.05, 4.69) is 10.6 Å². The van der Waals surface area contributed by atoms with Crippen molar-refractivity contribution in [3.63, 3.8) is 0 Å². The Hall–Kier alpha value is -2.78. The maximum absolute atomic E-state index is 12.4. The Balaban J connectivity index is 1.42. The van der Waals surface area contributed by atoms with Gasteiger partial charge in [0.25, 0.3) is 0 Å². The fourth-order valence-electron chi connectivity index (χ4n) is 3.15. The number of hydrogen-bond acceptors (Lipinski definition) is 5. The fraction of sp³-hybridized carbons (Fsp3) is 0.208. The number of nitrogens with two attached hydrogens (primary N) is 1. The highest BCUT2D eigenvalue weighted by Gasteiger charge is 2.11. The van der Waals surface area contributed by atoms with E-state index in [1.165, 1.54) is 12.1 Å². The molecule has 0 atom stereocenters. The molecule has 3 rings (SSSR count). The van der Waals surface area contributed by atoms with Gasteiger partial charge in [-0.2, -0.15) is 0 Å². The zero-order chi connectivity index (χ0) is 24.6. The maximum atomic E-state index is 12.4. The fourth-order valence-corrected chi connectivity index (χ4v) is 4.16. The lowest BCUT2D eigenvalue weighted by Gasteiger charge is -2.14. The molecule has 180 valence electrons. The van der Waals surface area contributed by atoms with E-state index < -0.39 is 10.0 Å². The lowest BCUT2D eigenvalue weighted by atomic mass is 10.1. The average Bonchev–Trinajstić information content (AvgIpc) is 2.79. The van der Waals surface area contributed by atoms with E-state index in [9.17, 15) is 13.2 Å². The molecule has 4 N–H and O–H groups in total. The molecule has 0 unspecified atom stereocenters. The number of carbonyl (C=O) groups is 1. The van der Waals surface area contributed by atoms with Gasteiger partial charge in [0.15, 0.2) is 0 Å². The summed E-state index contributed by atoms with van der Waals surface area (Å²) in [5.41, 5.74) is 2.18. The minimum atomic E-state index is -3.72. The quantitative estimate of drug-likeness (QED) is 0.310. The number of hydrogen-bond donors (Lipinski definition) is 3. The van der Waals surface area contributed by atoms with Crippen molar-refractivity contribution in [2.24, 2.45) is 5.14 Å². The molecule has 0 aliphatic rings. The summed E-state index contributed by atoms with van der Waals surface area (Å²) in [6.07, 6.45) is 1.66. The highest BCUT2D eigenvalue weighted by molar-refractivity contribution is 7.89. The van der Waals surface area contributed by atoms with Crippen LogP contribution in [0.2, 0.25) is 10.0 Å². The minimum absolute atomic E-state index is 0.0364. The lowest BCUT2D eigenvalue weighted by molar-refractivity contribution is -0.120. The van der Waals surface area contributed by atoms with Gasteiger partial charge in [-0.3, -0.25) is 4.79 Å². The summed E-state index contributed by atoms with van der Waals surface area (Å²) in [5.74, 6) is 0.457. The molecule has 0 saturated heterocycles. The van der Waals surface area contributed by atoms with E-state index >= 15 is 0 Å². The van der Waals surface area contributed by atoms with Crippen molar-refractivity contribution in [2.75, 3.05) is 18.5 Å². The Morgan fingerprint density at radius 3 is 2.26 bits per heavy atom. The predicted molar refractivity (Wildman–Crippen MR) is 135 cm³/mol. The summed E-state index contributed by atoms with van der Waals surface area (Å²) >= 11 is 12.5. The summed E-state index contributed by atoms with van der Waals surface area (Å²) in [7, 11) is -3.72. The number of ether oxygens (including phenoxy) is 1. The Morgan fingerprint density at radius 1 is 0.912 bits per heavy atom. The highest BCUT2D eigenvalue weighted by Crippen LogP contribution is 2.33. The molecule has 10 heteroatoms. The topological polar surface area (TPSA) is 111 Å². The van der Waals surface area contributed by atoms with Gasteiger partial charge in [-0.25, -0.2) is 13.6 Å². The molecule has 0 aliphatic heterocycles. The van der Waals surface area contributed by atoms with Crippen molar-refractivity contribution in [1.29, 1.82) is 0 Å². The third kappa shape index (κ3) is 7.63. The molecule has 34 heavy (non-hydrogen) atoms. The molecule has 0 fully saturated rings. The summed E-state index contributed by atoms with van der Waals surface area (Å²) in [5, 5.41) is 12.2. The Bertz CT molecular complexity index is 1210. The molecule has 3 aromatic rings. The Labute approximate surface area is 209 Å². The maximum Gasteiger partial charge on any atom is 0.238 e. The second-order valence-electron chi connectivity index (χ2n) is 7.48. The van der Waals surface area contributed by atoms with Crippen LogP contribution >= 0.6 is 23.2 Å². The van der Waals surface area contributed by atoms with Crippen molar-refractivity contribution < 1.29 is 17.9 Å². The molecule has 3 aromatic carbocycles. The second kappa shape index (κ2) is 12.1. The van der Waals surface area contributed by atoms with Gasteiger partial charge in [0.05, 0.1) is 33.7 Å². The number of rotatable bonds is 11. The zero-order valence-corrected chi connectivity index (χ0v) is 20.6. The van der Waals surface area contributed by atoms with Crippen LogP contribution in [0.4, 0.5) is 11.4 Å². The van der Waals surface area contributed by atoms with Crippen LogP contribution in [0.1, 0.15) is 18.4 Å². The average molecular weight is 522 g/mol. The van der Waals surface area contributed by atoms with Crippen molar-refractivity contribution in [3.8, 4) is 5.75 Å². The number of para-hydroxylation sites is 2. The van der Waals surface area contributed by atoms with Gasteiger partial charge in [-0.1, -0.05) is 47.5 Å². The highest BCUT2D eigenvalue weighted by atomic mass is 35.5. The summed E-state index contributed by atoms with van der Waals surface area (Å²) < 4.78 is 28.1. The van der Waals surface area contributed by atoms with Crippen LogP contribution < -0.4 is 20.5 Å². The van der Waals surface area contributed by atoms with Gasteiger partial charge >= 0.3 is 0 Å². The number of amides is 1. The third-order valence-electron chi connectivity index (χ3n) is 4.91. The number of halogens is 2. The van der Waals surface area contributed by atoms with E-state index in [4.69, 9.17) is 33.1 Å². The first-order valence-electron chi connectivity index (χ1n) is 10.6. The number of carbonyl (C=O) groups excluding carboxylic acids is 1. The largest absolute Gasteiger partial charge is 0.494 e. The normalized spacial score (nSPS) is 11.1. The lowest BCUT2D eigenvalue weighted by Crippen LogP contribution is -2.26. The monoisotopic (exact) mass is 521 g/mol. The van der Waals surface area contributed by atoms with E-state index in [0.29, 0.717) is 34.6 Å². The Kier molecular flexibility index (Phi) is 9.18. The summed E-state index contributed by atoms with van der Waals surface area (Å²) in [6, 6.07) is 18.7. The number of anilines is 2. The van der Waals surface area contributed by atoms with Gasteiger partial charge in [-0.15, -0.1) is 0 Å². The van der Waals surface area contributed by atoms with Crippen LogP contribution in [0.25, 0.3) is 0 Å². The number of sulfonamides is 1. The van der Waals surface area contributed by atoms with E-state index in [1.54, 1.807) is 30.3 Å². The first-order valence-corrected chi connectivity index (χ1v) is 12.9. The van der Waals surface area contributed by atoms with Gasteiger partial charge in [0.2, 0.25) is 15.9 Å². The van der Waals surface area contributed by atoms with E-state index in [-0.39, 0.29) is 17.2 Å². The molecular formula is C24H25Cl2N3O4S. The molecular weight excluding hydrogens is 497 g/mol. The van der Waals surface area contributed by atoms with Crippen LogP contribution in [0.5, 0.6) is 5.75 Å². The van der Waals surface area contributed by atoms with E-state index in [1.807, 2.05) is 24.3 Å². The molecule has 0 spiro atoms. The Morgan fingerprint density at radius 2 is 1.59 bits per heavy atom. The molecule has 0 heterocycles. The van der Waals surface area contributed by atoms with Crippen molar-refractivity contribution in [3.05, 3.63) is 82.3 Å². The molecule has 0 radical (unpaired) electrons. The van der Waals surface area contributed by atoms with Crippen molar-refractivity contribution >= 4 is 50.5 Å². The molecule has 0 aliphatic carbocycles. The number of primary sulfonamides is 1. The SMILES string of the molecule is NS(=O)(=O)c1ccc(OCCCCNC(=O)Cc2ccccc2Nc2c(Cl)cccc2Cl)cc1. The molecule has 0 aromatic heterocycles. The molecule has 1 amide bonds. The molecule has 7 nitrogen and oxygen atoms in total. The van der Waals surface area contributed by atoms with Gasteiger partial charge in [0, 0.05) is 12.2 Å². The van der Waals surface area contributed by atoms with Crippen LogP contribution in [-0.4, -0.2) is 27.5 Å². The van der Waals surface area contributed by atoms with Crippen molar-refractivity contribution in [1.82, 2.24) is 5.32 Å². The van der Waals surface area contributed by atoms with Gasteiger partial charge < -0.3 is 15.4 Å². The number of nitrogens with one attached hydrogen (secondary N) is 2. The van der Waals surface area contributed by atoms with Crippen LogP contribution in [0, 0.1) is 0 Å². The zero-order valence-electron chi connectivity index (χ0n) is 18.3. The number of benzene rings is 3. The smallest absolute Gasteiger partial charge is 0.238 e. The van der Waals surface area contributed by atoms with Crippen LogP contribution in [-0.2, 0) is 21.2 Å². The number of unbranched alkanes of at least 4 members (excludes halogenated alkanes) is 1. The summed E-state index contributed by atoms with van der Waals surface area (Å²) in [4.78, 5) is 12.5. The first kappa shape index (κ1) is 25.8. The predicted octanol–water partition coefficient (Wildman–Crippen LogP) is 4.90. The minimum Gasteiger partial charge on any atom is -0.494 e. The second-order valence-corrected chi connectivity index (χ2v) is 9.85.